The van der Waals surface area contributed by atoms with Crippen molar-refractivity contribution < 1.29 is 14.6 Å². The predicted molar refractivity (Wildman–Crippen MR) is 37.2 cm³/mol. The van der Waals surface area contributed by atoms with Crippen LogP contribution in [-0.4, -0.2) is 24.3 Å². The van der Waals surface area contributed by atoms with Crippen LogP contribution in [0.15, 0.2) is 0 Å². The second-order valence-corrected chi connectivity index (χ2v) is 2.07. The molecule has 10 heavy (non-hydrogen) atoms. The Morgan fingerprint density at radius 3 is 2.80 bits per heavy atom. The zero-order valence-electron chi connectivity index (χ0n) is 5.95. The molecule has 1 atom stereocenters. The minimum Gasteiger partial charge on any atom is -0.465 e. The molecule has 0 aromatic carbocycles. The lowest BCUT2D eigenvalue weighted by Crippen LogP contribution is -2.06. The van der Waals surface area contributed by atoms with Crippen LogP contribution in [0.1, 0.15) is 19.3 Å². The van der Waals surface area contributed by atoms with Gasteiger partial charge in [0.05, 0.1) is 0 Å². The van der Waals surface area contributed by atoms with Crippen molar-refractivity contribution in [2.24, 2.45) is 0 Å². The van der Waals surface area contributed by atoms with E-state index in [4.69, 9.17) is 5.11 Å². The SMILES string of the molecule is [CH2]C(CCCCO)OC=O. The Morgan fingerprint density at radius 2 is 2.30 bits per heavy atom. The summed E-state index contributed by atoms with van der Waals surface area (Å²) in [5.41, 5.74) is 0. The Labute approximate surface area is 61.0 Å². The molecule has 0 rings (SSSR count). The summed E-state index contributed by atoms with van der Waals surface area (Å²) in [6, 6.07) is 0. The highest BCUT2D eigenvalue weighted by molar-refractivity contribution is 5.37. The molecule has 0 amide bonds. The van der Waals surface area contributed by atoms with Crippen LogP contribution in [0.2, 0.25) is 0 Å². The Balaban J connectivity index is 3.04. The number of hydrogen-bond acceptors (Lipinski definition) is 3. The zero-order valence-corrected chi connectivity index (χ0v) is 5.95. The molecule has 0 fully saturated rings. The summed E-state index contributed by atoms with van der Waals surface area (Å²) in [5, 5.41) is 8.38. The summed E-state index contributed by atoms with van der Waals surface area (Å²) in [6.07, 6.45) is 2.05. The first-order chi connectivity index (χ1) is 4.81. The van der Waals surface area contributed by atoms with Crippen LogP contribution in [0.3, 0.4) is 0 Å². The summed E-state index contributed by atoms with van der Waals surface area (Å²) in [6.45, 7) is 4.15. The molecule has 0 aliphatic heterocycles. The number of aliphatic hydroxyl groups excluding tert-OH is 1. The van der Waals surface area contributed by atoms with Crippen molar-refractivity contribution >= 4 is 6.47 Å². The van der Waals surface area contributed by atoms with Crippen LogP contribution in [0.25, 0.3) is 0 Å². The summed E-state index contributed by atoms with van der Waals surface area (Å²) in [7, 11) is 0. The van der Waals surface area contributed by atoms with Gasteiger partial charge in [-0.25, -0.2) is 0 Å². The number of carbonyl (C=O) groups excluding carboxylic acids is 1. The van der Waals surface area contributed by atoms with E-state index < -0.39 is 0 Å². The van der Waals surface area contributed by atoms with E-state index in [0.717, 1.165) is 19.3 Å². The van der Waals surface area contributed by atoms with Gasteiger partial charge in [-0.3, -0.25) is 4.79 Å². The van der Waals surface area contributed by atoms with Gasteiger partial charge in [-0.15, -0.1) is 0 Å². The van der Waals surface area contributed by atoms with E-state index in [1.54, 1.807) is 0 Å². The second kappa shape index (κ2) is 6.55. The number of carbonyl (C=O) groups is 1. The van der Waals surface area contributed by atoms with Gasteiger partial charge < -0.3 is 9.84 Å². The van der Waals surface area contributed by atoms with E-state index in [9.17, 15) is 4.79 Å². The second-order valence-electron chi connectivity index (χ2n) is 2.07. The molecule has 59 valence electrons. The average molecular weight is 145 g/mol. The molecule has 0 saturated carbocycles. The lowest BCUT2D eigenvalue weighted by Gasteiger charge is -2.06. The predicted octanol–water partition coefficient (Wildman–Crippen LogP) is 0.525. The van der Waals surface area contributed by atoms with E-state index in [2.05, 4.69) is 11.7 Å². The summed E-state index contributed by atoms with van der Waals surface area (Å²) in [4.78, 5) is 9.74. The van der Waals surface area contributed by atoms with Crippen molar-refractivity contribution in [3.8, 4) is 0 Å². The normalized spacial score (nSPS) is 12.6. The first kappa shape index (κ1) is 9.43. The minimum atomic E-state index is -0.260. The molecule has 1 unspecified atom stereocenters. The Kier molecular flexibility index (Phi) is 6.18. The highest BCUT2D eigenvalue weighted by Gasteiger charge is 1.99. The number of aliphatic hydroxyl groups is 1. The molecule has 0 aromatic rings. The fraction of sp³-hybridized carbons (Fsp3) is 0.714. The fourth-order valence-electron chi connectivity index (χ4n) is 0.630. The number of unbranched alkanes of at least 4 members (excludes halogenated alkanes) is 1. The van der Waals surface area contributed by atoms with Crippen molar-refractivity contribution in [3.63, 3.8) is 0 Å². The Bertz CT molecular complexity index is 82.9. The standard InChI is InChI=1S/C7H13O3/c1-7(10-6-9)4-2-3-5-8/h6-8H,1-5H2. The van der Waals surface area contributed by atoms with Gasteiger partial charge in [0.15, 0.2) is 0 Å². The molecular formula is C7H13O3. The summed E-state index contributed by atoms with van der Waals surface area (Å²) in [5.74, 6) is 0. The third-order valence-electron chi connectivity index (χ3n) is 1.18. The molecule has 0 saturated heterocycles. The van der Waals surface area contributed by atoms with E-state index in [1.165, 1.54) is 0 Å². The van der Waals surface area contributed by atoms with Gasteiger partial charge in [-0.1, -0.05) is 0 Å². The third kappa shape index (κ3) is 5.56. The highest BCUT2D eigenvalue weighted by Crippen LogP contribution is 2.01. The monoisotopic (exact) mass is 145 g/mol. The van der Waals surface area contributed by atoms with Gasteiger partial charge in [0.1, 0.15) is 6.10 Å². The molecule has 0 aliphatic rings. The maximum absolute atomic E-state index is 9.74. The largest absolute Gasteiger partial charge is 0.465 e. The van der Waals surface area contributed by atoms with Crippen LogP contribution in [0.5, 0.6) is 0 Å². The molecule has 0 spiro atoms. The number of ether oxygens (including phenoxy) is 1. The molecule has 0 aliphatic carbocycles. The van der Waals surface area contributed by atoms with Crippen molar-refractivity contribution in [2.75, 3.05) is 6.61 Å². The van der Waals surface area contributed by atoms with Gasteiger partial charge >= 0.3 is 0 Å². The average Bonchev–Trinajstić information content (AvgIpc) is 1.89. The van der Waals surface area contributed by atoms with Crippen LogP contribution < -0.4 is 0 Å². The van der Waals surface area contributed by atoms with E-state index in [-0.39, 0.29) is 12.7 Å². The molecule has 3 heteroatoms. The molecule has 0 aromatic heterocycles. The number of rotatable bonds is 6. The lowest BCUT2D eigenvalue weighted by atomic mass is 10.2. The maximum Gasteiger partial charge on any atom is 0.293 e. The quantitative estimate of drug-likeness (QED) is 0.438. The minimum absolute atomic E-state index is 0.188. The maximum atomic E-state index is 9.74. The van der Waals surface area contributed by atoms with Crippen LogP contribution in [0, 0.1) is 6.92 Å². The van der Waals surface area contributed by atoms with Crippen molar-refractivity contribution in [1.29, 1.82) is 0 Å². The summed E-state index contributed by atoms with van der Waals surface area (Å²) < 4.78 is 4.52. The van der Waals surface area contributed by atoms with Crippen molar-refractivity contribution in [2.45, 2.75) is 25.4 Å². The van der Waals surface area contributed by atoms with Crippen molar-refractivity contribution in [3.05, 3.63) is 6.92 Å². The smallest absolute Gasteiger partial charge is 0.293 e. The van der Waals surface area contributed by atoms with E-state index >= 15 is 0 Å². The molecule has 0 bridgehead atoms. The molecule has 0 heterocycles. The van der Waals surface area contributed by atoms with Crippen LogP contribution in [-0.2, 0) is 9.53 Å². The zero-order chi connectivity index (χ0) is 7.82. The molecule has 1 N–H and O–H groups in total. The van der Waals surface area contributed by atoms with Gasteiger partial charge in [-0.05, 0) is 26.2 Å². The van der Waals surface area contributed by atoms with E-state index in [0.29, 0.717) is 6.47 Å². The van der Waals surface area contributed by atoms with Crippen molar-refractivity contribution in [1.82, 2.24) is 0 Å². The summed E-state index contributed by atoms with van der Waals surface area (Å²) >= 11 is 0. The first-order valence-electron chi connectivity index (χ1n) is 3.34. The van der Waals surface area contributed by atoms with Gasteiger partial charge in [-0.2, -0.15) is 0 Å². The topological polar surface area (TPSA) is 46.5 Å². The van der Waals surface area contributed by atoms with Crippen LogP contribution >= 0.6 is 0 Å². The van der Waals surface area contributed by atoms with Crippen LogP contribution in [0.4, 0.5) is 0 Å². The third-order valence-corrected chi connectivity index (χ3v) is 1.18. The molecule has 1 radical (unpaired) electrons. The lowest BCUT2D eigenvalue weighted by molar-refractivity contribution is -0.131. The molecule has 3 nitrogen and oxygen atoms in total. The van der Waals surface area contributed by atoms with Gasteiger partial charge in [0.25, 0.3) is 6.47 Å². The fourth-order valence-corrected chi connectivity index (χ4v) is 0.630. The van der Waals surface area contributed by atoms with E-state index in [1.807, 2.05) is 0 Å². The molecular weight excluding hydrogens is 132 g/mol. The highest BCUT2D eigenvalue weighted by atomic mass is 16.5. The Hall–Kier alpha value is -0.570. The van der Waals surface area contributed by atoms with Gasteiger partial charge in [0, 0.05) is 6.61 Å². The first-order valence-corrected chi connectivity index (χ1v) is 3.34. The van der Waals surface area contributed by atoms with Gasteiger partial charge in [0.2, 0.25) is 0 Å². The Morgan fingerprint density at radius 1 is 1.60 bits per heavy atom. The number of hydrogen-bond donors (Lipinski definition) is 1.